The number of carbonyl (C=O) groups excluding carboxylic acids is 3. The third kappa shape index (κ3) is 3.76. The molecule has 0 aliphatic heterocycles. The highest BCUT2D eigenvalue weighted by Gasteiger charge is 2.56. The fourth-order valence-corrected chi connectivity index (χ4v) is 2.73. The van der Waals surface area contributed by atoms with Crippen molar-refractivity contribution in [2.75, 3.05) is 24.9 Å². The van der Waals surface area contributed by atoms with E-state index in [-0.39, 0.29) is 11.5 Å². The SMILES string of the molecule is COC(=O)c1ccccc1NC(=O)C1(C(=O)Nc2ccc(OC)cc2)CC1. The van der Waals surface area contributed by atoms with Gasteiger partial charge in [-0.1, -0.05) is 12.1 Å². The van der Waals surface area contributed by atoms with Crippen molar-refractivity contribution in [3.8, 4) is 5.75 Å². The minimum Gasteiger partial charge on any atom is -0.497 e. The van der Waals surface area contributed by atoms with Gasteiger partial charge < -0.3 is 20.1 Å². The zero-order valence-electron chi connectivity index (χ0n) is 15.1. The van der Waals surface area contributed by atoms with Crippen molar-refractivity contribution >= 4 is 29.2 Å². The molecule has 0 aromatic heterocycles. The molecule has 1 fully saturated rings. The third-order valence-corrected chi connectivity index (χ3v) is 4.55. The molecule has 2 aromatic rings. The predicted octanol–water partition coefficient (Wildman–Crippen LogP) is 2.84. The van der Waals surface area contributed by atoms with E-state index in [1.807, 2.05) is 0 Å². The van der Waals surface area contributed by atoms with Crippen LogP contribution in [0.2, 0.25) is 0 Å². The van der Waals surface area contributed by atoms with Gasteiger partial charge in [-0.3, -0.25) is 9.59 Å². The van der Waals surface area contributed by atoms with Crippen molar-refractivity contribution in [2.24, 2.45) is 5.41 Å². The van der Waals surface area contributed by atoms with E-state index in [1.54, 1.807) is 55.6 Å². The number of anilines is 2. The van der Waals surface area contributed by atoms with Crippen LogP contribution in [-0.2, 0) is 14.3 Å². The number of hydrogen-bond donors (Lipinski definition) is 2. The topological polar surface area (TPSA) is 93.7 Å². The third-order valence-electron chi connectivity index (χ3n) is 4.55. The van der Waals surface area contributed by atoms with Crippen LogP contribution in [0.25, 0.3) is 0 Å². The lowest BCUT2D eigenvalue weighted by Crippen LogP contribution is -2.36. The molecule has 0 heterocycles. The molecule has 0 radical (unpaired) electrons. The summed E-state index contributed by atoms with van der Waals surface area (Å²) in [6, 6.07) is 13.4. The minimum atomic E-state index is -1.14. The maximum absolute atomic E-state index is 12.7. The monoisotopic (exact) mass is 368 g/mol. The second kappa shape index (κ2) is 7.49. The minimum absolute atomic E-state index is 0.236. The highest BCUT2D eigenvalue weighted by molar-refractivity contribution is 6.17. The largest absolute Gasteiger partial charge is 0.497 e. The maximum atomic E-state index is 12.7. The molecule has 0 saturated heterocycles. The summed E-state index contributed by atoms with van der Waals surface area (Å²) >= 11 is 0. The lowest BCUT2D eigenvalue weighted by molar-refractivity contribution is -0.131. The number of ether oxygens (including phenoxy) is 2. The van der Waals surface area contributed by atoms with E-state index >= 15 is 0 Å². The van der Waals surface area contributed by atoms with E-state index in [1.165, 1.54) is 7.11 Å². The van der Waals surface area contributed by atoms with Gasteiger partial charge in [0.05, 0.1) is 25.5 Å². The molecule has 0 bridgehead atoms. The van der Waals surface area contributed by atoms with E-state index in [9.17, 15) is 14.4 Å². The molecule has 2 N–H and O–H groups in total. The van der Waals surface area contributed by atoms with Crippen molar-refractivity contribution in [2.45, 2.75) is 12.8 Å². The molecular formula is C20H20N2O5. The number of hydrogen-bond acceptors (Lipinski definition) is 5. The summed E-state index contributed by atoms with van der Waals surface area (Å²) in [6.45, 7) is 0. The highest BCUT2D eigenvalue weighted by Crippen LogP contribution is 2.47. The van der Waals surface area contributed by atoms with E-state index in [2.05, 4.69) is 10.6 Å². The van der Waals surface area contributed by atoms with E-state index in [0.717, 1.165) is 0 Å². The first-order valence-corrected chi connectivity index (χ1v) is 8.44. The molecule has 27 heavy (non-hydrogen) atoms. The average Bonchev–Trinajstić information content (AvgIpc) is 3.50. The number of para-hydroxylation sites is 1. The summed E-state index contributed by atoms with van der Waals surface area (Å²) in [7, 11) is 2.83. The van der Waals surface area contributed by atoms with Gasteiger partial charge in [-0.2, -0.15) is 0 Å². The first kappa shape index (κ1) is 18.4. The fraction of sp³-hybridized carbons (Fsp3) is 0.250. The van der Waals surface area contributed by atoms with Crippen molar-refractivity contribution in [3.05, 3.63) is 54.1 Å². The second-order valence-electron chi connectivity index (χ2n) is 6.26. The van der Waals surface area contributed by atoms with Gasteiger partial charge >= 0.3 is 5.97 Å². The molecule has 1 aliphatic carbocycles. The Morgan fingerprint density at radius 1 is 0.889 bits per heavy atom. The van der Waals surface area contributed by atoms with Gasteiger partial charge in [-0.05, 0) is 49.2 Å². The standard InChI is InChI=1S/C20H20N2O5/c1-26-14-9-7-13(8-10-14)21-18(24)20(11-12-20)19(25)22-16-6-4-3-5-15(16)17(23)27-2/h3-10H,11-12H2,1-2H3,(H,21,24)(H,22,25). The molecule has 0 unspecified atom stereocenters. The van der Waals surface area contributed by atoms with Crippen LogP contribution < -0.4 is 15.4 Å². The Balaban J connectivity index is 1.72. The number of amides is 2. The van der Waals surface area contributed by atoms with Crippen LogP contribution in [0.3, 0.4) is 0 Å². The van der Waals surface area contributed by atoms with Crippen molar-refractivity contribution in [1.29, 1.82) is 0 Å². The first-order chi connectivity index (χ1) is 13.0. The molecule has 1 saturated carbocycles. The van der Waals surface area contributed by atoms with Crippen molar-refractivity contribution < 1.29 is 23.9 Å². The number of esters is 1. The van der Waals surface area contributed by atoms with Crippen molar-refractivity contribution in [3.63, 3.8) is 0 Å². The molecule has 2 amide bonds. The van der Waals surface area contributed by atoms with E-state index < -0.39 is 17.3 Å². The molecule has 140 valence electrons. The van der Waals surface area contributed by atoms with Gasteiger partial charge in [0.2, 0.25) is 11.8 Å². The lowest BCUT2D eigenvalue weighted by atomic mass is 10.0. The highest BCUT2D eigenvalue weighted by atomic mass is 16.5. The zero-order chi connectivity index (χ0) is 19.4. The Morgan fingerprint density at radius 3 is 2.11 bits per heavy atom. The van der Waals surface area contributed by atoms with Gasteiger partial charge in [0, 0.05) is 5.69 Å². The van der Waals surface area contributed by atoms with E-state index in [0.29, 0.717) is 30.0 Å². The Labute approximate surface area is 156 Å². The van der Waals surface area contributed by atoms with Gasteiger partial charge in [0.25, 0.3) is 0 Å². The smallest absolute Gasteiger partial charge is 0.339 e. The van der Waals surface area contributed by atoms with Crippen LogP contribution in [0, 0.1) is 5.41 Å². The van der Waals surface area contributed by atoms with Crippen molar-refractivity contribution in [1.82, 2.24) is 0 Å². The van der Waals surface area contributed by atoms with Crippen LogP contribution in [0.4, 0.5) is 11.4 Å². The van der Waals surface area contributed by atoms with Crippen LogP contribution in [-0.4, -0.2) is 32.0 Å². The number of nitrogens with one attached hydrogen (secondary N) is 2. The van der Waals surface area contributed by atoms with Gasteiger partial charge in [0.1, 0.15) is 11.2 Å². The average molecular weight is 368 g/mol. The maximum Gasteiger partial charge on any atom is 0.339 e. The van der Waals surface area contributed by atoms with Crippen LogP contribution in [0.15, 0.2) is 48.5 Å². The molecule has 7 heteroatoms. The molecule has 0 atom stereocenters. The Bertz CT molecular complexity index is 872. The van der Waals surface area contributed by atoms with Gasteiger partial charge in [-0.15, -0.1) is 0 Å². The molecule has 7 nitrogen and oxygen atoms in total. The fourth-order valence-electron chi connectivity index (χ4n) is 2.73. The summed E-state index contributed by atoms with van der Waals surface area (Å²) in [6.07, 6.45) is 0.891. The molecule has 1 aliphatic rings. The van der Waals surface area contributed by atoms with Gasteiger partial charge in [0.15, 0.2) is 0 Å². The number of carbonyl (C=O) groups is 3. The number of rotatable bonds is 6. The molecular weight excluding hydrogens is 348 g/mol. The second-order valence-corrected chi connectivity index (χ2v) is 6.26. The normalized spacial score (nSPS) is 14.0. The van der Waals surface area contributed by atoms with Crippen LogP contribution >= 0.6 is 0 Å². The summed E-state index contributed by atoms with van der Waals surface area (Å²) in [4.78, 5) is 37.3. The predicted molar refractivity (Wildman–Crippen MR) is 99.7 cm³/mol. The van der Waals surface area contributed by atoms with E-state index in [4.69, 9.17) is 9.47 Å². The Kier molecular flexibility index (Phi) is 5.12. The molecule has 3 rings (SSSR count). The Hall–Kier alpha value is -3.35. The van der Waals surface area contributed by atoms with Crippen LogP contribution in [0.1, 0.15) is 23.2 Å². The van der Waals surface area contributed by atoms with Gasteiger partial charge in [-0.25, -0.2) is 4.79 Å². The van der Waals surface area contributed by atoms with Crippen LogP contribution in [0.5, 0.6) is 5.75 Å². The summed E-state index contributed by atoms with van der Waals surface area (Å²) in [5.41, 5.74) is -0.00388. The Morgan fingerprint density at radius 2 is 1.52 bits per heavy atom. The number of methoxy groups -OCH3 is 2. The molecule has 0 spiro atoms. The summed E-state index contributed by atoms with van der Waals surface area (Å²) in [5.74, 6) is -0.699. The number of benzene rings is 2. The quantitative estimate of drug-likeness (QED) is 0.604. The summed E-state index contributed by atoms with van der Waals surface area (Å²) < 4.78 is 9.81. The first-order valence-electron chi connectivity index (χ1n) is 8.44. The molecule has 2 aromatic carbocycles. The summed E-state index contributed by atoms with van der Waals surface area (Å²) in [5, 5.41) is 5.46. The zero-order valence-corrected chi connectivity index (χ0v) is 15.1. The lowest BCUT2D eigenvalue weighted by Gasteiger charge is -2.17.